The number of amides is 1. The molecule has 2 aromatic rings. The number of benzene rings is 1. The molecule has 1 aromatic carbocycles. The number of fused-ring (bicyclic) bond motifs is 3. The molecule has 1 aliphatic carbocycles. The van der Waals surface area contributed by atoms with E-state index >= 15 is 0 Å². The summed E-state index contributed by atoms with van der Waals surface area (Å²) in [5, 5.41) is 3.75. The number of aryl methyl sites for hydroxylation is 1. The van der Waals surface area contributed by atoms with Crippen molar-refractivity contribution in [2.24, 2.45) is 5.92 Å². The lowest BCUT2D eigenvalue weighted by atomic mass is 9.86. The molecule has 0 fully saturated rings. The maximum absolute atomic E-state index is 13.4. The summed E-state index contributed by atoms with van der Waals surface area (Å²) < 4.78 is 13.4. The number of nitrogens with one attached hydrogen (secondary N) is 2. The Morgan fingerprint density at radius 1 is 1.55 bits per heavy atom. The zero-order valence-corrected chi connectivity index (χ0v) is 11.2. The van der Waals surface area contributed by atoms with E-state index in [-0.39, 0.29) is 17.6 Å². The largest absolute Gasteiger partial charge is 0.358 e. The first-order valence-electron chi connectivity index (χ1n) is 6.86. The molecule has 0 saturated heterocycles. The topological polar surface area (TPSA) is 44.9 Å². The molecule has 0 spiro atoms. The van der Waals surface area contributed by atoms with E-state index in [0.717, 1.165) is 35.0 Å². The maximum Gasteiger partial charge on any atom is 0.223 e. The van der Waals surface area contributed by atoms with Gasteiger partial charge in [0.15, 0.2) is 0 Å². The molecular formula is C16H17FN2O. The van der Waals surface area contributed by atoms with Crippen LogP contribution >= 0.6 is 0 Å². The van der Waals surface area contributed by atoms with Gasteiger partial charge in [-0.15, -0.1) is 6.58 Å². The molecule has 0 aliphatic heterocycles. The van der Waals surface area contributed by atoms with Crippen molar-refractivity contribution in [2.75, 3.05) is 6.54 Å². The second-order valence-electron chi connectivity index (χ2n) is 5.25. The van der Waals surface area contributed by atoms with Crippen LogP contribution in [-0.4, -0.2) is 17.4 Å². The lowest BCUT2D eigenvalue weighted by Crippen LogP contribution is -2.34. The summed E-state index contributed by atoms with van der Waals surface area (Å²) in [5.74, 6) is -0.219. The number of rotatable bonds is 3. The SMILES string of the molecule is C=CCNC(=O)C1CCc2[nH]c3ccc(F)cc3c2C1. The Morgan fingerprint density at radius 2 is 2.40 bits per heavy atom. The number of hydrogen-bond acceptors (Lipinski definition) is 1. The molecule has 3 nitrogen and oxygen atoms in total. The van der Waals surface area contributed by atoms with Crippen molar-refractivity contribution in [3.8, 4) is 0 Å². The number of halogens is 1. The second kappa shape index (κ2) is 5.12. The van der Waals surface area contributed by atoms with Gasteiger partial charge in [0.1, 0.15) is 5.82 Å². The van der Waals surface area contributed by atoms with Crippen molar-refractivity contribution in [3.05, 3.63) is 47.9 Å². The number of H-pyrrole nitrogens is 1. The molecule has 0 bridgehead atoms. The van der Waals surface area contributed by atoms with E-state index in [9.17, 15) is 9.18 Å². The van der Waals surface area contributed by atoms with Gasteiger partial charge in [-0.1, -0.05) is 6.08 Å². The summed E-state index contributed by atoms with van der Waals surface area (Å²) in [6.07, 6.45) is 4.00. The third-order valence-electron chi connectivity index (χ3n) is 3.94. The van der Waals surface area contributed by atoms with E-state index in [1.54, 1.807) is 18.2 Å². The van der Waals surface area contributed by atoms with Crippen LogP contribution in [0.5, 0.6) is 0 Å². The fourth-order valence-corrected chi connectivity index (χ4v) is 2.93. The van der Waals surface area contributed by atoms with Crippen molar-refractivity contribution in [1.82, 2.24) is 10.3 Å². The van der Waals surface area contributed by atoms with E-state index in [1.165, 1.54) is 6.07 Å². The van der Waals surface area contributed by atoms with Crippen LogP contribution < -0.4 is 5.32 Å². The van der Waals surface area contributed by atoms with Gasteiger partial charge in [-0.05, 0) is 43.0 Å². The van der Waals surface area contributed by atoms with Crippen LogP contribution in [0.4, 0.5) is 4.39 Å². The monoisotopic (exact) mass is 272 g/mol. The van der Waals surface area contributed by atoms with Gasteiger partial charge in [0.05, 0.1) is 0 Å². The molecule has 104 valence electrons. The average molecular weight is 272 g/mol. The first kappa shape index (κ1) is 12.9. The Kier molecular flexibility index (Phi) is 3.30. The molecule has 4 heteroatoms. The van der Waals surface area contributed by atoms with Gasteiger partial charge in [-0.3, -0.25) is 4.79 Å². The van der Waals surface area contributed by atoms with Crippen molar-refractivity contribution in [1.29, 1.82) is 0 Å². The molecule has 0 radical (unpaired) electrons. The normalized spacial score (nSPS) is 17.8. The third-order valence-corrected chi connectivity index (χ3v) is 3.94. The van der Waals surface area contributed by atoms with Crippen LogP contribution in [0, 0.1) is 11.7 Å². The standard InChI is InChI=1S/C16H17FN2O/c1-2-7-18-16(20)10-3-5-14-12(8-10)13-9-11(17)4-6-15(13)19-14/h2,4,6,9-10,19H,1,3,5,7-8H2,(H,18,20). The van der Waals surface area contributed by atoms with Gasteiger partial charge in [-0.25, -0.2) is 4.39 Å². The molecule has 1 amide bonds. The van der Waals surface area contributed by atoms with Gasteiger partial charge in [0, 0.05) is 29.1 Å². The third kappa shape index (κ3) is 2.22. The van der Waals surface area contributed by atoms with Gasteiger partial charge in [-0.2, -0.15) is 0 Å². The zero-order chi connectivity index (χ0) is 14.1. The van der Waals surface area contributed by atoms with E-state index in [0.29, 0.717) is 13.0 Å². The van der Waals surface area contributed by atoms with Crippen LogP contribution in [-0.2, 0) is 17.6 Å². The van der Waals surface area contributed by atoms with Gasteiger partial charge in [0.2, 0.25) is 5.91 Å². The molecule has 0 saturated carbocycles. The number of aromatic amines is 1. The van der Waals surface area contributed by atoms with Crippen molar-refractivity contribution < 1.29 is 9.18 Å². The highest BCUT2D eigenvalue weighted by Crippen LogP contribution is 2.32. The van der Waals surface area contributed by atoms with Crippen LogP contribution in [0.2, 0.25) is 0 Å². The number of carbonyl (C=O) groups is 1. The predicted molar refractivity (Wildman–Crippen MR) is 77.0 cm³/mol. The van der Waals surface area contributed by atoms with E-state index < -0.39 is 0 Å². The molecule has 2 N–H and O–H groups in total. The van der Waals surface area contributed by atoms with Gasteiger partial charge < -0.3 is 10.3 Å². The molecule has 1 heterocycles. The maximum atomic E-state index is 13.4. The summed E-state index contributed by atoms with van der Waals surface area (Å²) in [6.45, 7) is 4.09. The van der Waals surface area contributed by atoms with E-state index in [1.807, 2.05) is 0 Å². The zero-order valence-electron chi connectivity index (χ0n) is 11.2. The van der Waals surface area contributed by atoms with Crippen molar-refractivity contribution in [3.63, 3.8) is 0 Å². The summed E-state index contributed by atoms with van der Waals surface area (Å²) >= 11 is 0. The Hall–Kier alpha value is -2.10. The summed E-state index contributed by atoms with van der Waals surface area (Å²) in [7, 11) is 0. The summed E-state index contributed by atoms with van der Waals surface area (Å²) in [5.41, 5.74) is 3.17. The molecule has 20 heavy (non-hydrogen) atoms. The first-order chi connectivity index (χ1) is 9.69. The first-order valence-corrected chi connectivity index (χ1v) is 6.86. The molecule has 1 unspecified atom stereocenters. The molecule has 3 rings (SSSR count). The van der Waals surface area contributed by atoms with Crippen molar-refractivity contribution in [2.45, 2.75) is 19.3 Å². The minimum atomic E-state index is -0.238. The predicted octanol–water partition coefficient (Wildman–Crippen LogP) is 2.71. The van der Waals surface area contributed by atoms with Crippen LogP contribution in [0.25, 0.3) is 10.9 Å². The Balaban J connectivity index is 1.89. The van der Waals surface area contributed by atoms with Gasteiger partial charge in [0.25, 0.3) is 0 Å². The molecule has 1 atom stereocenters. The average Bonchev–Trinajstić information content (AvgIpc) is 2.82. The Labute approximate surface area is 116 Å². The Morgan fingerprint density at radius 3 is 3.20 bits per heavy atom. The molecular weight excluding hydrogens is 255 g/mol. The highest BCUT2D eigenvalue weighted by Gasteiger charge is 2.27. The second-order valence-corrected chi connectivity index (χ2v) is 5.25. The molecule has 1 aliphatic rings. The fourth-order valence-electron chi connectivity index (χ4n) is 2.93. The Bertz CT molecular complexity index is 674. The van der Waals surface area contributed by atoms with Crippen LogP contribution in [0.15, 0.2) is 30.9 Å². The van der Waals surface area contributed by atoms with Crippen LogP contribution in [0.3, 0.4) is 0 Å². The minimum absolute atomic E-state index is 0.0373. The number of aromatic nitrogens is 1. The lowest BCUT2D eigenvalue weighted by molar-refractivity contribution is -0.125. The number of hydrogen-bond donors (Lipinski definition) is 2. The van der Waals surface area contributed by atoms with Crippen molar-refractivity contribution >= 4 is 16.8 Å². The smallest absolute Gasteiger partial charge is 0.223 e. The summed E-state index contributed by atoms with van der Waals surface area (Å²) in [4.78, 5) is 15.4. The minimum Gasteiger partial charge on any atom is -0.358 e. The number of carbonyl (C=O) groups excluding carboxylic acids is 1. The lowest BCUT2D eigenvalue weighted by Gasteiger charge is -2.21. The fraction of sp³-hybridized carbons (Fsp3) is 0.312. The highest BCUT2D eigenvalue weighted by atomic mass is 19.1. The van der Waals surface area contributed by atoms with Crippen LogP contribution in [0.1, 0.15) is 17.7 Å². The van der Waals surface area contributed by atoms with E-state index in [4.69, 9.17) is 0 Å². The molecule has 1 aromatic heterocycles. The quantitative estimate of drug-likeness (QED) is 0.829. The van der Waals surface area contributed by atoms with Gasteiger partial charge >= 0.3 is 0 Å². The highest BCUT2D eigenvalue weighted by molar-refractivity contribution is 5.87. The summed E-state index contributed by atoms with van der Waals surface area (Å²) in [6, 6.07) is 4.77. The van der Waals surface area contributed by atoms with E-state index in [2.05, 4.69) is 16.9 Å².